The van der Waals surface area contributed by atoms with Gasteiger partial charge in [-0.25, -0.2) is 0 Å². The van der Waals surface area contributed by atoms with E-state index >= 15 is 0 Å². The number of aliphatic hydroxyl groups excluding tert-OH is 1. The first-order chi connectivity index (χ1) is 17.9. The molecule has 3 aromatic carbocycles. The first-order valence-corrected chi connectivity index (χ1v) is 12.2. The van der Waals surface area contributed by atoms with Crippen molar-refractivity contribution in [3.63, 3.8) is 0 Å². The van der Waals surface area contributed by atoms with Gasteiger partial charge in [-0.3, -0.25) is 4.79 Å². The second kappa shape index (κ2) is 12.6. The van der Waals surface area contributed by atoms with Crippen LogP contribution in [0, 0.1) is 0 Å². The minimum Gasteiger partial charge on any atom is -0.497 e. The van der Waals surface area contributed by atoms with Crippen LogP contribution < -0.4 is 14.4 Å². The summed E-state index contributed by atoms with van der Waals surface area (Å²) in [5.74, 6) is 0.794. The number of allylic oxidation sites excluding steroid dienone is 2. The minimum absolute atomic E-state index is 0. The predicted octanol–water partition coefficient (Wildman–Crippen LogP) is 5.83. The summed E-state index contributed by atoms with van der Waals surface area (Å²) in [5, 5.41) is 18.3. The number of carbonyl (C=O) groups excluding carboxylic acids is 1. The number of aliphatic hydroxyl groups is 1. The molecule has 1 heterocycles. The van der Waals surface area contributed by atoms with Gasteiger partial charge in [-0.05, 0) is 73.9 Å². The number of hydrogen-bond acceptors (Lipinski definition) is 6. The van der Waals surface area contributed by atoms with E-state index < -0.39 is 5.41 Å². The summed E-state index contributed by atoms with van der Waals surface area (Å²) in [6.45, 7) is 6.39. The molecule has 0 aliphatic carbocycles. The summed E-state index contributed by atoms with van der Waals surface area (Å²) in [4.78, 5) is 14.0. The molecule has 7 nitrogen and oxygen atoms in total. The molecule has 0 spiro atoms. The number of benzene rings is 3. The van der Waals surface area contributed by atoms with Crippen LogP contribution in [0.1, 0.15) is 37.5 Å². The van der Waals surface area contributed by atoms with E-state index in [1.807, 2.05) is 54.6 Å². The van der Waals surface area contributed by atoms with Crippen LogP contribution in [0.15, 0.2) is 94.8 Å². The second-order valence-corrected chi connectivity index (χ2v) is 8.94. The minimum atomic E-state index is -0.493. The molecule has 0 aromatic heterocycles. The fourth-order valence-corrected chi connectivity index (χ4v) is 4.81. The molecule has 1 N–H and O–H groups in total. The third-order valence-corrected chi connectivity index (χ3v) is 6.52. The number of ether oxygens (including phenoxy) is 2. The molecule has 0 fully saturated rings. The second-order valence-electron chi connectivity index (χ2n) is 8.94. The van der Waals surface area contributed by atoms with Crippen LogP contribution in [0.5, 0.6) is 11.5 Å². The molecular formula is C30H31CoN3O4. The van der Waals surface area contributed by atoms with E-state index in [0.717, 1.165) is 34.8 Å². The maximum absolute atomic E-state index is 11.8. The molecule has 0 amide bonds. The van der Waals surface area contributed by atoms with Gasteiger partial charge in [0, 0.05) is 52.6 Å². The smallest absolute Gasteiger partial charge is 0.308 e. The zero-order valence-electron chi connectivity index (χ0n) is 21.8. The zero-order chi connectivity index (χ0) is 26.4. The Morgan fingerprint density at radius 1 is 1.08 bits per heavy atom. The molecule has 1 radical (unpaired) electrons. The molecule has 1 aliphatic heterocycles. The van der Waals surface area contributed by atoms with Crippen LogP contribution in [0.2, 0.25) is 0 Å². The van der Waals surface area contributed by atoms with Gasteiger partial charge in [0.05, 0.1) is 13.3 Å². The van der Waals surface area contributed by atoms with Crippen LogP contribution in [0.25, 0.3) is 0 Å². The molecule has 1 unspecified atom stereocenters. The van der Waals surface area contributed by atoms with E-state index in [0.29, 0.717) is 17.7 Å². The van der Waals surface area contributed by atoms with Crippen molar-refractivity contribution in [3.8, 4) is 11.5 Å². The van der Waals surface area contributed by atoms with Gasteiger partial charge >= 0.3 is 5.97 Å². The van der Waals surface area contributed by atoms with E-state index in [1.165, 1.54) is 6.92 Å². The number of nitrogens with zero attached hydrogens (tertiary/aromatic N) is 3. The third-order valence-electron chi connectivity index (χ3n) is 6.52. The predicted molar refractivity (Wildman–Crippen MR) is 147 cm³/mol. The first-order valence-electron chi connectivity index (χ1n) is 12.2. The van der Waals surface area contributed by atoms with Crippen LogP contribution in [-0.4, -0.2) is 36.8 Å². The number of rotatable bonds is 8. The largest absolute Gasteiger partial charge is 0.497 e. The molecule has 1 atom stereocenters. The van der Waals surface area contributed by atoms with Gasteiger partial charge in [-0.2, -0.15) is 5.10 Å². The summed E-state index contributed by atoms with van der Waals surface area (Å²) >= 11 is 0. The van der Waals surface area contributed by atoms with Gasteiger partial charge in [0.25, 0.3) is 0 Å². The Kier molecular flexibility index (Phi) is 9.49. The van der Waals surface area contributed by atoms with E-state index in [2.05, 4.69) is 41.1 Å². The number of esters is 1. The number of anilines is 1. The maximum Gasteiger partial charge on any atom is 0.308 e. The number of carbonyl (C=O) groups is 1. The number of methoxy groups -OCH3 is 1. The molecule has 38 heavy (non-hydrogen) atoms. The molecule has 4 rings (SSSR count). The van der Waals surface area contributed by atoms with E-state index in [9.17, 15) is 9.90 Å². The topological polar surface area (TPSA) is 83.7 Å². The summed E-state index contributed by atoms with van der Waals surface area (Å²) in [6.07, 6.45) is 4.09. The maximum atomic E-state index is 11.8. The average Bonchev–Trinajstić information content (AvgIpc) is 3.14. The van der Waals surface area contributed by atoms with E-state index in [4.69, 9.17) is 9.47 Å². The fourth-order valence-electron chi connectivity index (χ4n) is 4.81. The molecule has 3 aromatic rings. The summed E-state index contributed by atoms with van der Waals surface area (Å²) in [6, 6.07) is 22.7. The van der Waals surface area contributed by atoms with Crippen molar-refractivity contribution in [2.24, 2.45) is 10.2 Å². The SMILES string of the molecule is CCN1\C(=C/C=N/N=C(\O)c2ccccc2)C(C)(Cc2ccccc2OC(C)=O)c2cc(OC)ccc21.[Co]. The Labute approximate surface area is 233 Å². The van der Waals surface area contributed by atoms with Crippen molar-refractivity contribution >= 4 is 23.8 Å². The molecule has 8 heteroatoms. The molecule has 0 saturated carbocycles. The zero-order valence-corrected chi connectivity index (χ0v) is 22.9. The number of hydrogen-bond donors (Lipinski definition) is 1. The molecular weight excluding hydrogens is 525 g/mol. The van der Waals surface area contributed by atoms with Crippen LogP contribution in [0.4, 0.5) is 5.69 Å². The van der Waals surface area contributed by atoms with Crippen molar-refractivity contribution in [2.75, 3.05) is 18.6 Å². The van der Waals surface area contributed by atoms with Crippen molar-refractivity contribution in [1.82, 2.24) is 0 Å². The van der Waals surface area contributed by atoms with Crippen LogP contribution >= 0.6 is 0 Å². The van der Waals surface area contributed by atoms with Crippen molar-refractivity contribution in [2.45, 2.75) is 32.6 Å². The number of fused-ring (bicyclic) bond motifs is 1. The van der Waals surface area contributed by atoms with Gasteiger partial charge in [-0.15, -0.1) is 5.10 Å². The molecule has 199 valence electrons. The normalized spacial score (nSPS) is 17.8. The monoisotopic (exact) mass is 556 g/mol. The fraction of sp³-hybridized carbons (Fsp3) is 0.233. The molecule has 0 bridgehead atoms. The van der Waals surface area contributed by atoms with Crippen molar-refractivity contribution < 1.29 is 36.2 Å². The van der Waals surface area contributed by atoms with E-state index in [-0.39, 0.29) is 28.6 Å². The van der Waals surface area contributed by atoms with Gasteiger partial charge in [0.1, 0.15) is 11.5 Å². The van der Waals surface area contributed by atoms with Crippen molar-refractivity contribution in [3.05, 3.63) is 101 Å². The quantitative estimate of drug-likeness (QED) is 0.124. The van der Waals surface area contributed by atoms with E-state index in [1.54, 1.807) is 25.5 Å². The number of likely N-dealkylation sites (N-methyl/N-ethyl adjacent to an activating group) is 1. The Morgan fingerprint density at radius 3 is 2.47 bits per heavy atom. The van der Waals surface area contributed by atoms with Gasteiger partial charge in [-0.1, -0.05) is 36.4 Å². The van der Waals surface area contributed by atoms with Crippen LogP contribution in [-0.2, 0) is 33.4 Å². The van der Waals surface area contributed by atoms with Crippen LogP contribution in [0.3, 0.4) is 0 Å². The Bertz CT molecular complexity index is 1370. The van der Waals surface area contributed by atoms with Gasteiger partial charge in [0.2, 0.25) is 5.90 Å². The van der Waals surface area contributed by atoms with Crippen molar-refractivity contribution in [1.29, 1.82) is 0 Å². The van der Waals surface area contributed by atoms with Gasteiger partial charge < -0.3 is 19.5 Å². The summed E-state index contributed by atoms with van der Waals surface area (Å²) < 4.78 is 11.1. The summed E-state index contributed by atoms with van der Waals surface area (Å²) in [7, 11) is 1.65. The first kappa shape index (κ1) is 28.7. The Morgan fingerprint density at radius 2 is 1.79 bits per heavy atom. The van der Waals surface area contributed by atoms with Gasteiger partial charge in [0.15, 0.2) is 0 Å². The summed E-state index contributed by atoms with van der Waals surface area (Å²) in [5.41, 5.74) is 4.19. The standard InChI is InChI=1S/C30H31N3O4.Co/c1-5-33-26-16-15-24(36-4)19-25(26)30(3,20-23-13-9-10-14-27(23)37-21(2)34)28(33)17-18-31-32-29(35)22-11-7-6-8-12-22;/h6-19H,5,20H2,1-4H3,(H,32,35);/b28-17-,31-18+;. The Balaban J connectivity index is 0.00000400. The number of para-hydroxylation sites is 1. The Hall–Kier alpha value is -3.88. The molecule has 0 saturated heterocycles. The average molecular weight is 557 g/mol. The molecule has 1 aliphatic rings. The third kappa shape index (κ3) is 5.98.